The Hall–Kier alpha value is -2.51. The highest BCUT2D eigenvalue weighted by molar-refractivity contribution is 6.69. The molecule has 0 fully saturated rings. The molecule has 0 bridgehead atoms. The Bertz CT molecular complexity index is 725. The number of hydrogen-bond acceptors (Lipinski definition) is 5. The van der Waals surface area contributed by atoms with Crippen molar-refractivity contribution >= 4 is 20.0 Å². The van der Waals surface area contributed by atoms with Crippen LogP contribution >= 0.6 is 0 Å². The van der Waals surface area contributed by atoms with Crippen molar-refractivity contribution in [3.63, 3.8) is 0 Å². The van der Waals surface area contributed by atoms with Crippen molar-refractivity contribution in [2.24, 2.45) is 0 Å². The highest BCUT2D eigenvalue weighted by Gasteiger charge is 2.24. The molecule has 132 valence electrons. The average molecular weight is 359 g/mol. The number of esters is 1. The number of nitrogens with zero attached hydrogens (tertiary/aromatic N) is 1. The second-order valence-electron chi connectivity index (χ2n) is 6.53. The van der Waals surface area contributed by atoms with E-state index in [0.29, 0.717) is 0 Å². The maximum Gasteiger partial charge on any atom is 0.338 e. The number of carbonyl (C=O) groups excluding carboxylic acids is 1. The normalized spacial score (nSPS) is 12.4. The maximum atomic E-state index is 12.2. The Labute approximate surface area is 147 Å². The third-order valence-corrected chi connectivity index (χ3v) is 4.34. The predicted octanol–water partition coefficient (Wildman–Crippen LogP) is 4.34. The first-order valence-corrected chi connectivity index (χ1v) is 11.3. The summed E-state index contributed by atoms with van der Waals surface area (Å²) >= 11 is 0. The molecule has 0 amide bonds. The summed E-state index contributed by atoms with van der Waals surface area (Å²) in [6, 6.07) is 14.9. The Morgan fingerprint density at radius 1 is 1.08 bits per heavy atom. The summed E-state index contributed by atoms with van der Waals surface area (Å²) in [6.45, 7) is 6.30. The molecule has 0 aliphatic heterocycles. The number of nitro benzene ring substituents is 1. The standard InChI is InChI=1S/C18H21NO5Si/c1-25(2,3)24-17(14-7-5-4-6-8-14)13-23-18(20)15-9-11-16(12-10-15)19(21)22/h4-12,17H,13H2,1-3H3. The molecule has 1 unspecified atom stereocenters. The average Bonchev–Trinajstić information content (AvgIpc) is 2.58. The monoisotopic (exact) mass is 359 g/mol. The van der Waals surface area contributed by atoms with Gasteiger partial charge in [-0.15, -0.1) is 0 Å². The van der Waals surface area contributed by atoms with E-state index < -0.39 is 19.2 Å². The van der Waals surface area contributed by atoms with E-state index >= 15 is 0 Å². The summed E-state index contributed by atoms with van der Waals surface area (Å²) in [5, 5.41) is 10.7. The number of carbonyl (C=O) groups is 1. The molecule has 0 saturated heterocycles. The lowest BCUT2D eigenvalue weighted by Gasteiger charge is -2.26. The van der Waals surface area contributed by atoms with Gasteiger partial charge in [0, 0.05) is 12.1 Å². The minimum Gasteiger partial charge on any atom is -0.459 e. The van der Waals surface area contributed by atoms with Gasteiger partial charge in [-0.2, -0.15) is 0 Å². The topological polar surface area (TPSA) is 78.7 Å². The molecule has 2 rings (SSSR count). The zero-order valence-electron chi connectivity index (χ0n) is 14.5. The fraction of sp³-hybridized carbons (Fsp3) is 0.278. The van der Waals surface area contributed by atoms with E-state index in [1.54, 1.807) is 0 Å². The highest BCUT2D eigenvalue weighted by atomic mass is 28.4. The van der Waals surface area contributed by atoms with Gasteiger partial charge in [-0.25, -0.2) is 4.79 Å². The third-order valence-electron chi connectivity index (χ3n) is 3.35. The smallest absolute Gasteiger partial charge is 0.338 e. The van der Waals surface area contributed by atoms with Crippen molar-refractivity contribution in [1.29, 1.82) is 0 Å². The first kappa shape index (κ1) is 18.8. The molecule has 6 nitrogen and oxygen atoms in total. The van der Waals surface area contributed by atoms with Gasteiger partial charge in [0.15, 0.2) is 8.32 Å². The van der Waals surface area contributed by atoms with Gasteiger partial charge in [-0.1, -0.05) is 30.3 Å². The SMILES string of the molecule is C[Si](C)(C)OC(COC(=O)c1ccc([N+](=O)[O-])cc1)c1ccccc1. The van der Waals surface area contributed by atoms with Crippen LogP contribution in [0.1, 0.15) is 22.0 Å². The lowest BCUT2D eigenvalue weighted by molar-refractivity contribution is -0.384. The summed E-state index contributed by atoms with van der Waals surface area (Å²) in [5.74, 6) is -0.532. The lowest BCUT2D eigenvalue weighted by Crippen LogP contribution is -2.30. The number of benzene rings is 2. The van der Waals surface area contributed by atoms with Gasteiger partial charge in [0.2, 0.25) is 0 Å². The van der Waals surface area contributed by atoms with Crippen LogP contribution in [0.4, 0.5) is 5.69 Å². The van der Waals surface area contributed by atoms with E-state index in [-0.39, 0.29) is 24.0 Å². The number of nitro groups is 1. The van der Waals surface area contributed by atoms with Crippen LogP contribution in [0.5, 0.6) is 0 Å². The van der Waals surface area contributed by atoms with Crippen LogP contribution < -0.4 is 0 Å². The molecular weight excluding hydrogens is 338 g/mol. The first-order chi connectivity index (χ1) is 11.8. The summed E-state index contributed by atoms with van der Waals surface area (Å²) in [7, 11) is -1.84. The Kier molecular flexibility index (Phi) is 6.05. The van der Waals surface area contributed by atoms with Crippen molar-refractivity contribution in [1.82, 2.24) is 0 Å². The quantitative estimate of drug-likeness (QED) is 0.318. The molecular formula is C18H21NO5Si. The van der Waals surface area contributed by atoms with Crippen molar-refractivity contribution in [3.8, 4) is 0 Å². The van der Waals surface area contributed by atoms with Crippen molar-refractivity contribution in [2.45, 2.75) is 25.7 Å². The third kappa shape index (κ3) is 5.81. The fourth-order valence-corrected chi connectivity index (χ4v) is 3.30. The first-order valence-electron chi connectivity index (χ1n) is 7.90. The van der Waals surface area contributed by atoms with Gasteiger partial charge in [-0.3, -0.25) is 10.1 Å². The molecule has 0 spiro atoms. The van der Waals surface area contributed by atoms with Gasteiger partial charge >= 0.3 is 5.97 Å². The summed E-state index contributed by atoms with van der Waals surface area (Å²) < 4.78 is 11.5. The summed E-state index contributed by atoms with van der Waals surface area (Å²) in [4.78, 5) is 22.3. The van der Waals surface area contributed by atoms with Crippen LogP contribution in [-0.2, 0) is 9.16 Å². The lowest BCUT2D eigenvalue weighted by atomic mass is 10.1. The van der Waals surface area contributed by atoms with Crippen molar-refractivity contribution < 1.29 is 18.9 Å². The van der Waals surface area contributed by atoms with Gasteiger partial charge in [0.1, 0.15) is 12.7 Å². The molecule has 2 aromatic carbocycles. The maximum absolute atomic E-state index is 12.2. The minimum absolute atomic E-state index is 0.0687. The van der Waals surface area contributed by atoms with Gasteiger partial charge in [0.25, 0.3) is 5.69 Å². The molecule has 0 heterocycles. The number of ether oxygens (including phenoxy) is 1. The van der Waals surface area contributed by atoms with E-state index in [9.17, 15) is 14.9 Å². The fourth-order valence-electron chi connectivity index (χ4n) is 2.25. The zero-order valence-corrected chi connectivity index (χ0v) is 15.5. The largest absolute Gasteiger partial charge is 0.459 e. The van der Waals surface area contributed by atoms with E-state index in [2.05, 4.69) is 19.6 Å². The van der Waals surface area contributed by atoms with Crippen LogP contribution in [0.2, 0.25) is 19.6 Å². The van der Waals surface area contributed by atoms with Crippen LogP contribution in [-0.4, -0.2) is 25.8 Å². The van der Waals surface area contributed by atoms with Crippen molar-refractivity contribution in [3.05, 3.63) is 75.8 Å². The Morgan fingerprint density at radius 2 is 1.68 bits per heavy atom. The Morgan fingerprint density at radius 3 is 2.20 bits per heavy atom. The second-order valence-corrected chi connectivity index (χ2v) is 11.0. The van der Waals surface area contributed by atoms with Gasteiger partial charge < -0.3 is 9.16 Å². The van der Waals surface area contributed by atoms with E-state index in [0.717, 1.165) is 5.56 Å². The van der Waals surface area contributed by atoms with E-state index in [4.69, 9.17) is 9.16 Å². The molecule has 0 N–H and O–H groups in total. The van der Waals surface area contributed by atoms with E-state index in [1.807, 2.05) is 30.3 Å². The van der Waals surface area contributed by atoms with Gasteiger partial charge in [-0.05, 0) is 37.3 Å². The van der Waals surface area contributed by atoms with E-state index in [1.165, 1.54) is 24.3 Å². The van der Waals surface area contributed by atoms with Gasteiger partial charge in [0.05, 0.1) is 10.5 Å². The molecule has 2 aromatic rings. The number of hydrogen-bond donors (Lipinski definition) is 0. The number of non-ortho nitro benzene ring substituents is 1. The highest BCUT2D eigenvalue weighted by Crippen LogP contribution is 2.23. The second kappa shape index (κ2) is 8.04. The molecule has 0 aliphatic rings. The molecule has 1 atom stereocenters. The molecule has 7 heteroatoms. The minimum atomic E-state index is -1.84. The molecule has 0 radical (unpaired) electrons. The molecule has 25 heavy (non-hydrogen) atoms. The Balaban J connectivity index is 2.06. The number of rotatable bonds is 7. The van der Waals surface area contributed by atoms with Crippen LogP contribution in [0.15, 0.2) is 54.6 Å². The summed E-state index contributed by atoms with van der Waals surface area (Å²) in [6.07, 6.45) is -0.338. The van der Waals surface area contributed by atoms with Crippen molar-refractivity contribution in [2.75, 3.05) is 6.61 Å². The molecule has 0 saturated carbocycles. The zero-order chi connectivity index (χ0) is 18.4. The summed E-state index contributed by atoms with van der Waals surface area (Å²) in [5.41, 5.74) is 1.15. The molecule has 0 aliphatic carbocycles. The van der Waals surface area contributed by atoms with Crippen LogP contribution in [0.25, 0.3) is 0 Å². The van der Waals surface area contributed by atoms with Crippen LogP contribution in [0, 0.1) is 10.1 Å². The predicted molar refractivity (Wildman–Crippen MR) is 97.0 cm³/mol. The molecule has 0 aromatic heterocycles. The van der Waals surface area contributed by atoms with Crippen LogP contribution in [0.3, 0.4) is 0 Å².